The Balaban J connectivity index is 1.66. The maximum Gasteiger partial charge on any atom is 0.341 e. The number of esters is 1. The molecule has 180 valence electrons. The van der Waals surface area contributed by atoms with Gasteiger partial charge in [-0.3, -0.25) is 4.79 Å². The van der Waals surface area contributed by atoms with E-state index in [9.17, 15) is 14.9 Å². The van der Waals surface area contributed by atoms with E-state index in [0.29, 0.717) is 10.6 Å². The molecule has 0 aliphatic heterocycles. The molecule has 2 heterocycles. The number of amides is 1. The van der Waals surface area contributed by atoms with Gasteiger partial charge in [-0.15, -0.1) is 11.3 Å². The van der Waals surface area contributed by atoms with Crippen LogP contribution in [0.15, 0.2) is 40.4 Å². The van der Waals surface area contributed by atoms with Gasteiger partial charge in [0, 0.05) is 26.4 Å². The molecule has 0 radical (unpaired) electrons. The smallest absolute Gasteiger partial charge is 0.341 e. The van der Waals surface area contributed by atoms with Crippen LogP contribution in [0.1, 0.15) is 57.5 Å². The highest BCUT2D eigenvalue weighted by Gasteiger charge is 2.28. The highest BCUT2D eigenvalue weighted by atomic mass is 79.9. The average molecular weight is 552 g/mol. The predicted molar refractivity (Wildman–Crippen MR) is 142 cm³/mol. The van der Waals surface area contributed by atoms with Gasteiger partial charge in [-0.05, 0) is 94.0 Å². The SMILES string of the molecule is CCOC(=O)c1c(NC(=O)/C(C#N)=C/c2cc(C)n(-c3ccc(Br)cc3)c2C)sc2c1CCCC2. The Morgan fingerprint density at radius 3 is 2.63 bits per heavy atom. The number of hydrogen-bond acceptors (Lipinski definition) is 5. The summed E-state index contributed by atoms with van der Waals surface area (Å²) in [6.07, 6.45) is 5.33. The second-order valence-electron chi connectivity index (χ2n) is 8.40. The Kier molecular flexibility index (Phi) is 7.58. The van der Waals surface area contributed by atoms with Gasteiger partial charge in [0.2, 0.25) is 0 Å². The van der Waals surface area contributed by atoms with Crippen LogP contribution in [-0.2, 0) is 22.4 Å². The van der Waals surface area contributed by atoms with Crippen molar-refractivity contribution in [1.29, 1.82) is 5.26 Å². The van der Waals surface area contributed by atoms with Crippen LogP contribution < -0.4 is 5.32 Å². The number of fused-ring (bicyclic) bond motifs is 1. The van der Waals surface area contributed by atoms with Crippen molar-refractivity contribution >= 4 is 50.2 Å². The van der Waals surface area contributed by atoms with Gasteiger partial charge < -0.3 is 14.6 Å². The summed E-state index contributed by atoms with van der Waals surface area (Å²) in [5.41, 5.74) is 5.07. The van der Waals surface area contributed by atoms with E-state index in [-0.39, 0.29) is 12.2 Å². The molecule has 0 fully saturated rings. The van der Waals surface area contributed by atoms with Crippen molar-refractivity contribution in [2.24, 2.45) is 0 Å². The number of halogens is 1. The zero-order valence-corrected chi connectivity index (χ0v) is 22.3. The molecule has 8 heteroatoms. The summed E-state index contributed by atoms with van der Waals surface area (Å²) in [5.74, 6) is -0.965. The summed E-state index contributed by atoms with van der Waals surface area (Å²) in [6.45, 7) is 5.96. The third kappa shape index (κ3) is 5.12. The molecule has 0 unspecified atom stereocenters. The lowest BCUT2D eigenvalue weighted by atomic mass is 9.95. The Hall–Kier alpha value is -3.15. The molecule has 0 saturated heterocycles. The number of carbonyl (C=O) groups excluding carboxylic acids is 2. The number of nitrogens with one attached hydrogen (secondary N) is 1. The molecule has 4 rings (SSSR count). The second-order valence-corrected chi connectivity index (χ2v) is 10.4. The average Bonchev–Trinajstić information content (AvgIpc) is 3.34. The lowest BCUT2D eigenvalue weighted by molar-refractivity contribution is -0.112. The molecular weight excluding hydrogens is 526 g/mol. The van der Waals surface area contributed by atoms with Gasteiger partial charge in [-0.25, -0.2) is 4.79 Å². The first-order valence-electron chi connectivity index (χ1n) is 11.5. The Morgan fingerprint density at radius 1 is 1.23 bits per heavy atom. The van der Waals surface area contributed by atoms with Crippen molar-refractivity contribution in [3.05, 3.63) is 73.3 Å². The van der Waals surface area contributed by atoms with Crippen molar-refractivity contribution in [2.45, 2.75) is 46.5 Å². The quantitative estimate of drug-likeness (QED) is 0.214. The summed E-state index contributed by atoms with van der Waals surface area (Å²) >= 11 is 4.87. The van der Waals surface area contributed by atoms with Crippen molar-refractivity contribution in [3.63, 3.8) is 0 Å². The Morgan fingerprint density at radius 2 is 1.94 bits per heavy atom. The fourth-order valence-electron chi connectivity index (χ4n) is 4.47. The Labute approximate surface area is 217 Å². The molecule has 2 aromatic heterocycles. The van der Waals surface area contributed by atoms with Crippen LogP contribution >= 0.6 is 27.3 Å². The van der Waals surface area contributed by atoms with Crippen LogP contribution in [0.2, 0.25) is 0 Å². The van der Waals surface area contributed by atoms with Gasteiger partial charge in [0.15, 0.2) is 0 Å². The van der Waals surface area contributed by atoms with Crippen molar-refractivity contribution in [1.82, 2.24) is 4.57 Å². The lowest BCUT2D eigenvalue weighted by Gasteiger charge is -2.12. The van der Waals surface area contributed by atoms with E-state index in [4.69, 9.17) is 4.74 Å². The molecule has 1 N–H and O–H groups in total. The summed E-state index contributed by atoms with van der Waals surface area (Å²) in [4.78, 5) is 27.0. The predicted octanol–water partition coefficient (Wildman–Crippen LogP) is 6.52. The maximum atomic E-state index is 13.1. The zero-order chi connectivity index (χ0) is 25.1. The van der Waals surface area contributed by atoms with Crippen LogP contribution in [0.4, 0.5) is 5.00 Å². The molecule has 3 aromatic rings. The van der Waals surface area contributed by atoms with E-state index in [2.05, 4.69) is 25.8 Å². The number of aromatic nitrogens is 1. The first-order chi connectivity index (χ1) is 16.8. The van der Waals surface area contributed by atoms with E-state index in [1.807, 2.05) is 50.2 Å². The third-order valence-corrected chi connectivity index (χ3v) is 7.83. The molecule has 35 heavy (non-hydrogen) atoms. The van der Waals surface area contributed by atoms with Crippen molar-refractivity contribution in [3.8, 4) is 11.8 Å². The summed E-state index contributed by atoms with van der Waals surface area (Å²) in [5, 5.41) is 13.1. The zero-order valence-electron chi connectivity index (χ0n) is 19.9. The van der Waals surface area contributed by atoms with Gasteiger partial charge in [0.25, 0.3) is 5.91 Å². The number of rotatable bonds is 6. The fourth-order valence-corrected chi connectivity index (χ4v) is 6.01. The number of nitrogens with zero attached hydrogens (tertiary/aromatic N) is 2. The normalized spacial score (nSPS) is 13.2. The minimum atomic E-state index is -0.537. The highest BCUT2D eigenvalue weighted by Crippen LogP contribution is 2.39. The first-order valence-corrected chi connectivity index (χ1v) is 13.1. The third-order valence-electron chi connectivity index (χ3n) is 6.10. The monoisotopic (exact) mass is 551 g/mol. The standard InChI is InChI=1S/C27H26BrN3O3S/c1-4-34-27(33)24-22-7-5-6-8-23(22)35-26(24)30-25(32)19(15-29)14-18-13-16(2)31(17(18)3)21-11-9-20(28)10-12-21/h9-14H,4-8H2,1-3H3,(H,30,32)/b19-14+. The number of hydrogen-bond donors (Lipinski definition) is 1. The number of thiophene rings is 1. The second kappa shape index (κ2) is 10.6. The number of benzene rings is 1. The van der Waals surface area contributed by atoms with Crippen LogP contribution in [0.5, 0.6) is 0 Å². The van der Waals surface area contributed by atoms with Crippen LogP contribution in [0, 0.1) is 25.2 Å². The number of carbonyl (C=O) groups is 2. The topological polar surface area (TPSA) is 84.1 Å². The molecule has 1 aromatic carbocycles. The number of aryl methyl sites for hydroxylation is 2. The summed E-state index contributed by atoms with van der Waals surface area (Å²) in [6, 6.07) is 11.9. The van der Waals surface area contributed by atoms with E-state index in [0.717, 1.165) is 63.2 Å². The number of nitriles is 1. The molecular formula is C27H26BrN3O3S. The molecule has 0 saturated carbocycles. The molecule has 0 atom stereocenters. The van der Waals surface area contributed by atoms with Gasteiger partial charge in [0.05, 0.1) is 12.2 Å². The molecule has 0 bridgehead atoms. The molecule has 1 aliphatic carbocycles. The summed E-state index contributed by atoms with van der Waals surface area (Å²) in [7, 11) is 0. The fraction of sp³-hybridized carbons (Fsp3) is 0.296. The molecule has 1 amide bonds. The largest absolute Gasteiger partial charge is 0.462 e. The van der Waals surface area contributed by atoms with E-state index < -0.39 is 11.9 Å². The minimum absolute atomic E-state index is 0.0257. The summed E-state index contributed by atoms with van der Waals surface area (Å²) < 4.78 is 8.34. The van der Waals surface area contributed by atoms with Gasteiger partial charge in [-0.2, -0.15) is 5.26 Å². The van der Waals surface area contributed by atoms with Crippen LogP contribution in [0.3, 0.4) is 0 Å². The van der Waals surface area contributed by atoms with Crippen molar-refractivity contribution in [2.75, 3.05) is 11.9 Å². The lowest BCUT2D eigenvalue weighted by Crippen LogP contribution is -2.16. The van der Waals surface area contributed by atoms with Gasteiger partial charge in [0.1, 0.15) is 16.6 Å². The highest BCUT2D eigenvalue weighted by molar-refractivity contribution is 9.10. The van der Waals surface area contributed by atoms with Crippen LogP contribution in [-0.4, -0.2) is 23.1 Å². The van der Waals surface area contributed by atoms with Crippen molar-refractivity contribution < 1.29 is 14.3 Å². The van der Waals surface area contributed by atoms with Gasteiger partial charge in [-0.1, -0.05) is 15.9 Å². The molecule has 1 aliphatic rings. The van der Waals surface area contributed by atoms with E-state index in [1.54, 1.807) is 13.0 Å². The van der Waals surface area contributed by atoms with Gasteiger partial charge >= 0.3 is 5.97 Å². The molecule has 6 nitrogen and oxygen atoms in total. The number of anilines is 1. The van der Waals surface area contributed by atoms with E-state index >= 15 is 0 Å². The first kappa shape index (κ1) is 25.0. The Bertz CT molecular complexity index is 1360. The molecule has 0 spiro atoms. The van der Waals surface area contributed by atoms with Crippen LogP contribution in [0.25, 0.3) is 11.8 Å². The minimum Gasteiger partial charge on any atom is -0.462 e. The maximum absolute atomic E-state index is 13.1. The van der Waals surface area contributed by atoms with E-state index in [1.165, 1.54) is 11.3 Å². The number of ether oxygens (including phenoxy) is 1.